The maximum atomic E-state index is 5.51. The van der Waals surface area contributed by atoms with Gasteiger partial charge in [0, 0.05) is 37.6 Å². The fourth-order valence-electron chi connectivity index (χ4n) is 3.04. The van der Waals surface area contributed by atoms with Crippen molar-refractivity contribution < 1.29 is 4.52 Å². The van der Waals surface area contributed by atoms with Gasteiger partial charge in [0.2, 0.25) is 0 Å². The van der Waals surface area contributed by atoms with Gasteiger partial charge in [-0.25, -0.2) is 0 Å². The van der Waals surface area contributed by atoms with E-state index in [2.05, 4.69) is 63.6 Å². The summed E-state index contributed by atoms with van der Waals surface area (Å²) >= 11 is 0. The first kappa shape index (κ1) is 15.9. The molecule has 1 unspecified atom stereocenters. The predicted molar refractivity (Wildman–Crippen MR) is 95.9 cm³/mol. The van der Waals surface area contributed by atoms with Crippen LogP contribution >= 0.6 is 0 Å². The molecule has 0 amide bonds. The first-order valence-electron chi connectivity index (χ1n) is 8.48. The van der Waals surface area contributed by atoms with Crippen LogP contribution in [0.1, 0.15) is 17.4 Å². The molecule has 3 aromatic rings. The van der Waals surface area contributed by atoms with Crippen LogP contribution in [-0.4, -0.2) is 46.7 Å². The third-order valence-corrected chi connectivity index (χ3v) is 4.62. The first-order chi connectivity index (χ1) is 12.2. The molecule has 0 aliphatic carbocycles. The number of nitrogens with zero attached hydrogens (tertiary/aromatic N) is 4. The molecular weight excluding hydrogens is 314 g/mol. The van der Waals surface area contributed by atoms with E-state index in [-0.39, 0.29) is 6.04 Å². The second-order valence-corrected chi connectivity index (χ2v) is 6.49. The third-order valence-electron chi connectivity index (χ3n) is 4.62. The Labute approximate surface area is 146 Å². The van der Waals surface area contributed by atoms with Crippen molar-refractivity contribution in [3.8, 4) is 22.6 Å². The summed E-state index contributed by atoms with van der Waals surface area (Å²) in [6.07, 6.45) is 3.61. The van der Waals surface area contributed by atoms with Crippen LogP contribution in [0, 0.1) is 6.92 Å². The van der Waals surface area contributed by atoms with E-state index in [1.54, 1.807) is 6.20 Å². The van der Waals surface area contributed by atoms with Crippen molar-refractivity contribution in [2.24, 2.45) is 0 Å². The zero-order valence-corrected chi connectivity index (χ0v) is 14.4. The molecule has 0 saturated carbocycles. The van der Waals surface area contributed by atoms with Gasteiger partial charge in [-0.15, -0.1) is 0 Å². The quantitative estimate of drug-likeness (QED) is 0.794. The lowest BCUT2D eigenvalue weighted by Crippen LogP contribution is -2.44. The topological polar surface area (TPSA) is 67.1 Å². The molecule has 128 valence electrons. The van der Waals surface area contributed by atoms with Crippen LogP contribution in [0.4, 0.5) is 0 Å². The van der Waals surface area contributed by atoms with Crippen LogP contribution in [0.3, 0.4) is 0 Å². The summed E-state index contributed by atoms with van der Waals surface area (Å²) in [5.74, 6) is 1.22. The van der Waals surface area contributed by atoms with Gasteiger partial charge in [-0.2, -0.15) is 4.98 Å². The highest BCUT2D eigenvalue weighted by Crippen LogP contribution is 2.26. The molecule has 1 saturated heterocycles. The minimum Gasteiger partial charge on any atom is -0.334 e. The van der Waals surface area contributed by atoms with E-state index in [1.807, 2.05) is 12.3 Å². The minimum atomic E-state index is 0.138. The van der Waals surface area contributed by atoms with Gasteiger partial charge in [0.1, 0.15) is 0 Å². The van der Waals surface area contributed by atoms with Gasteiger partial charge < -0.3 is 9.84 Å². The highest BCUT2D eigenvalue weighted by molar-refractivity contribution is 5.68. The number of pyridine rings is 1. The molecular formula is C19H21N5O. The molecule has 1 aliphatic heterocycles. The molecule has 6 nitrogen and oxygen atoms in total. The van der Waals surface area contributed by atoms with Crippen molar-refractivity contribution in [1.82, 2.24) is 25.3 Å². The van der Waals surface area contributed by atoms with Crippen LogP contribution in [0.2, 0.25) is 0 Å². The molecule has 2 aromatic heterocycles. The first-order valence-corrected chi connectivity index (χ1v) is 8.48. The summed E-state index contributed by atoms with van der Waals surface area (Å²) in [7, 11) is 2.08. The van der Waals surface area contributed by atoms with Crippen LogP contribution in [-0.2, 0) is 0 Å². The molecule has 0 radical (unpaired) electrons. The minimum absolute atomic E-state index is 0.138. The molecule has 1 aromatic carbocycles. The van der Waals surface area contributed by atoms with Crippen LogP contribution in [0.25, 0.3) is 22.6 Å². The number of aromatic nitrogens is 3. The summed E-state index contributed by atoms with van der Waals surface area (Å²) in [6, 6.07) is 10.6. The van der Waals surface area contributed by atoms with Crippen molar-refractivity contribution in [1.29, 1.82) is 0 Å². The maximum Gasteiger partial charge on any atom is 0.259 e. The lowest BCUT2D eigenvalue weighted by Gasteiger charge is -2.30. The number of benzene rings is 1. The Balaban J connectivity index is 1.62. The molecule has 3 heterocycles. The van der Waals surface area contributed by atoms with Gasteiger partial charge in [0.05, 0.1) is 11.6 Å². The summed E-state index contributed by atoms with van der Waals surface area (Å²) < 4.78 is 5.51. The second-order valence-electron chi connectivity index (χ2n) is 6.49. The van der Waals surface area contributed by atoms with Gasteiger partial charge in [0.25, 0.3) is 5.89 Å². The fourth-order valence-corrected chi connectivity index (χ4v) is 3.04. The Bertz CT molecular complexity index is 858. The Morgan fingerprint density at radius 1 is 1.12 bits per heavy atom. The monoisotopic (exact) mass is 335 g/mol. The van der Waals surface area contributed by atoms with E-state index in [1.165, 1.54) is 5.56 Å². The van der Waals surface area contributed by atoms with Gasteiger partial charge in [0.15, 0.2) is 5.82 Å². The number of nitrogens with one attached hydrogen (secondary N) is 1. The molecule has 1 aliphatic rings. The van der Waals surface area contributed by atoms with E-state index < -0.39 is 0 Å². The molecule has 1 fully saturated rings. The summed E-state index contributed by atoms with van der Waals surface area (Å²) in [6.45, 7) is 4.87. The Morgan fingerprint density at radius 2 is 1.92 bits per heavy atom. The highest BCUT2D eigenvalue weighted by Gasteiger charge is 2.25. The highest BCUT2D eigenvalue weighted by atomic mass is 16.5. The van der Waals surface area contributed by atoms with Gasteiger partial charge in [-0.1, -0.05) is 35.0 Å². The van der Waals surface area contributed by atoms with Crippen molar-refractivity contribution in [2.75, 3.05) is 26.7 Å². The smallest absolute Gasteiger partial charge is 0.259 e. The van der Waals surface area contributed by atoms with Gasteiger partial charge in [-0.3, -0.25) is 9.88 Å². The largest absolute Gasteiger partial charge is 0.334 e. The molecule has 4 rings (SSSR count). The molecule has 1 atom stereocenters. The summed E-state index contributed by atoms with van der Waals surface area (Å²) in [5.41, 5.74) is 4.23. The van der Waals surface area contributed by atoms with E-state index in [0.29, 0.717) is 11.7 Å². The maximum absolute atomic E-state index is 5.51. The van der Waals surface area contributed by atoms with E-state index >= 15 is 0 Å². The Hall–Kier alpha value is -2.57. The molecule has 6 heteroatoms. The van der Waals surface area contributed by atoms with Crippen molar-refractivity contribution in [3.05, 3.63) is 54.1 Å². The SMILES string of the molecule is Cc1ccc(-c2cncc(-c3nc(C4CNCCN4C)no3)c2)cc1. The van der Waals surface area contributed by atoms with E-state index in [9.17, 15) is 0 Å². The van der Waals surface area contributed by atoms with Crippen LogP contribution in [0.15, 0.2) is 47.2 Å². The zero-order chi connectivity index (χ0) is 17.2. The van der Waals surface area contributed by atoms with Gasteiger partial charge in [-0.05, 0) is 25.6 Å². The summed E-state index contributed by atoms with van der Waals surface area (Å²) in [4.78, 5) is 11.2. The lowest BCUT2D eigenvalue weighted by molar-refractivity contribution is 0.190. The number of hydrogen-bond acceptors (Lipinski definition) is 6. The van der Waals surface area contributed by atoms with E-state index in [4.69, 9.17) is 4.52 Å². The normalized spacial score (nSPS) is 18.4. The van der Waals surface area contributed by atoms with Crippen molar-refractivity contribution in [2.45, 2.75) is 13.0 Å². The van der Waals surface area contributed by atoms with Crippen molar-refractivity contribution >= 4 is 0 Å². The molecule has 1 N–H and O–H groups in total. The molecule has 25 heavy (non-hydrogen) atoms. The number of hydrogen-bond donors (Lipinski definition) is 1. The third kappa shape index (κ3) is 3.31. The summed E-state index contributed by atoms with van der Waals surface area (Å²) in [5, 5.41) is 7.56. The van der Waals surface area contributed by atoms with E-state index in [0.717, 1.165) is 36.3 Å². The standard InChI is InChI=1S/C19H21N5O/c1-13-3-5-14(6-4-13)15-9-16(11-21-10-15)19-22-18(23-25-19)17-12-20-7-8-24(17)2/h3-6,9-11,17,20H,7-8,12H2,1-2H3. The van der Waals surface area contributed by atoms with Crippen LogP contribution < -0.4 is 5.32 Å². The number of aryl methyl sites for hydroxylation is 1. The predicted octanol–water partition coefficient (Wildman–Crippen LogP) is 2.68. The average Bonchev–Trinajstić information content (AvgIpc) is 3.13. The van der Waals surface area contributed by atoms with Crippen molar-refractivity contribution in [3.63, 3.8) is 0 Å². The number of likely N-dealkylation sites (N-methyl/N-ethyl adjacent to an activating group) is 1. The zero-order valence-electron chi connectivity index (χ0n) is 14.4. The van der Waals surface area contributed by atoms with Crippen LogP contribution in [0.5, 0.6) is 0 Å². The fraction of sp³-hybridized carbons (Fsp3) is 0.316. The Kier molecular flexibility index (Phi) is 4.29. The van der Waals surface area contributed by atoms with Gasteiger partial charge >= 0.3 is 0 Å². The number of piperazine rings is 1. The number of rotatable bonds is 3. The Morgan fingerprint density at radius 3 is 2.72 bits per heavy atom. The average molecular weight is 335 g/mol. The molecule has 0 spiro atoms. The second kappa shape index (κ2) is 6.74. The molecule has 0 bridgehead atoms. The lowest BCUT2D eigenvalue weighted by atomic mass is 10.0.